The highest BCUT2D eigenvalue weighted by atomic mass is 16.1. The average Bonchev–Trinajstić information content (AvgIpc) is 3.24. The van der Waals surface area contributed by atoms with Crippen molar-refractivity contribution in [3.05, 3.63) is 90.0 Å². The molecular formula is C23H22N6O. The van der Waals surface area contributed by atoms with Gasteiger partial charge in [0.2, 0.25) is 11.9 Å². The Morgan fingerprint density at radius 2 is 1.80 bits per heavy atom. The quantitative estimate of drug-likeness (QED) is 0.509. The van der Waals surface area contributed by atoms with E-state index in [2.05, 4.69) is 39.4 Å². The van der Waals surface area contributed by atoms with Gasteiger partial charge in [0, 0.05) is 35.4 Å². The highest BCUT2D eigenvalue weighted by Crippen LogP contribution is 2.27. The van der Waals surface area contributed by atoms with E-state index in [0.29, 0.717) is 11.5 Å². The predicted octanol–water partition coefficient (Wildman–Crippen LogP) is 4.10. The summed E-state index contributed by atoms with van der Waals surface area (Å²) in [5.74, 6) is 0.123. The number of carbonyl (C=O) groups excluding carboxylic acids is 1. The van der Waals surface area contributed by atoms with E-state index >= 15 is 0 Å². The molecule has 7 heteroatoms. The molecule has 0 aliphatic rings. The summed E-state index contributed by atoms with van der Waals surface area (Å²) in [6, 6.07) is 15.3. The summed E-state index contributed by atoms with van der Waals surface area (Å²) in [6.07, 6.45) is 7.27. The summed E-state index contributed by atoms with van der Waals surface area (Å²) in [5.41, 5.74) is 11.0. The monoisotopic (exact) mass is 398 g/mol. The molecule has 150 valence electrons. The molecule has 3 N–H and O–H groups in total. The Kier molecular flexibility index (Phi) is 5.26. The second-order valence-corrected chi connectivity index (χ2v) is 7.16. The van der Waals surface area contributed by atoms with Crippen molar-refractivity contribution in [3.63, 3.8) is 0 Å². The number of carbonyl (C=O) groups is 1. The molecule has 0 saturated carbocycles. The molecule has 2 aromatic heterocycles. The molecule has 0 radical (unpaired) electrons. The van der Waals surface area contributed by atoms with Crippen LogP contribution < -0.4 is 11.1 Å². The van der Waals surface area contributed by atoms with Gasteiger partial charge in [-0.2, -0.15) is 5.10 Å². The van der Waals surface area contributed by atoms with Crippen LogP contribution in [0.2, 0.25) is 0 Å². The van der Waals surface area contributed by atoms with Gasteiger partial charge in [-0.15, -0.1) is 0 Å². The predicted molar refractivity (Wildman–Crippen MR) is 116 cm³/mol. The number of aryl methyl sites for hydroxylation is 1. The van der Waals surface area contributed by atoms with E-state index in [9.17, 15) is 4.79 Å². The fourth-order valence-corrected chi connectivity index (χ4v) is 3.29. The van der Waals surface area contributed by atoms with Crippen LogP contribution in [0.4, 0.5) is 11.6 Å². The highest BCUT2D eigenvalue weighted by Gasteiger charge is 2.12. The minimum Gasteiger partial charge on any atom is -0.366 e. The minimum absolute atomic E-state index is 0.0146. The van der Waals surface area contributed by atoms with Crippen molar-refractivity contribution in [3.8, 4) is 11.1 Å². The van der Waals surface area contributed by atoms with Gasteiger partial charge in [0.25, 0.3) is 0 Å². The molecule has 0 fully saturated rings. The van der Waals surface area contributed by atoms with Crippen molar-refractivity contribution in [2.24, 2.45) is 5.73 Å². The number of benzene rings is 2. The molecule has 1 amide bonds. The van der Waals surface area contributed by atoms with E-state index in [1.165, 1.54) is 0 Å². The summed E-state index contributed by atoms with van der Waals surface area (Å²) in [7, 11) is 0. The lowest BCUT2D eigenvalue weighted by Crippen LogP contribution is -2.12. The lowest BCUT2D eigenvalue weighted by Gasteiger charge is -2.13. The van der Waals surface area contributed by atoms with Crippen LogP contribution in [0.15, 0.2) is 73.3 Å². The number of nitrogens with zero attached hydrogens (tertiary/aromatic N) is 4. The maximum absolute atomic E-state index is 11.3. The van der Waals surface area contributed by atoms with E-state index in [1.54, 1.807) is 30.6 Å². The molecule has 2 aromatic carbocycles. The highest BCUT2D eigenvalue weighted by molar-refractivity contribution is 5.92. The summed E-state index contributed by atoms with van der Waals surface area (Å²) >= 11 is 0. The van der Waals surface area contributed by atoms with Gasteiger partial charge in [-0.3, -0.25) is 9.48 Å². The molecule has 0 aliphatic heterocycles. The van der Waals surface area contributed by atoms with Crippen molar-refractivity contribution in [1.29, 1.82) is 0 Å². The second kappa shape index (κ2) is 8.16. The van der Waals surface area contributed by atoms with Gasteiger partial charge < -0.3 is 11.1 Å². The van der Waals surface area contributed by atoms with Gasteiger partial charge in [0.05, 0.1) is 12.2 Å². The van der Waals surface area contributed by atoms with Crippen LogP contribution in [0.3, 0.4) is 0 Å². The second-order valence-electron chi connectivity index (χ2n) is 7.16. The number of aromatic nitrogens is 4. The Labute approximate surface area is 174 Å². The van der Waals surface area contributed by atoms with Crippen LogP contribution in [0.25, 0.3) is 11.1 Å². The standard InChI is InChI=1S/C23H22N6O/c1-15-10-19(12-21(11-15)28-23-25-8-3-9-26-23)20-13-27-29(14-20)16(2)17-4-6-18(7-5-17)22(24)30/h3-14,16H,1-2H3,(H2,24,30)(H,25,26,28)/t16-/m0/s1. The molecule has 2 heterocycles. The maximum Gasteiger partial charge on any atom is 0.248 e. The number of primary amides is 1. The van der Waals surface area contributed by atoms with Gasteiger partial charge in [-0.1, -0.05) is 18.2 Å². The summed E-state index contributed by atoms with van der Waals surface area (Å²) in [5, 5.41) is 7.79. The van der Waals surface area contributed by atoms with E-state index < -0.39 is 5.91 Å². The van der Waals surface area contributed by atoms with Crippen molar-refractivity contribution in [2.45, 2.75) is 19.9 Å². The summed E-state index contributed by atoms with van der Waals surface area (Å²) in [6.45, 7) is 4.11. The van der Waals surface area contributed by atoms with Gasteiger partial charge >= 0.3 is 0 Å². The molecule has 0 spiro atoms. The normalized spacial score (nSPS) is 11.8. The Morgan fingerprint density at radius 3 is 2.50 bits per heavy atom. The van der Waals surface area contributed by atoms with Crippen molar-refractivity contribution in [2.75, 3.05) is 5.32 Å². The third-order valence-electron chi connectivity index (χ3n) is 4.91. The number of hydrogen-bond donors (Lipinski definition) is 2. The summed E-state index contributed by atoms with van der Waals surface area (Å²) < 4.78 is 1.91. The Bertz CT molecular complexity index is 1170. The first kappa shape index (κ1) is 19.3. The van der Waals surface area contributed by atoms with Crippen LogP contribution in [0.5, 0.6) is 0 Å². The molecule has 0 aliphatic carbocycles. The number of nitrogens with one attached hydrogen (secondary N) is 1. The molecule has 4 aromatic rings. The van der Waals surface area contributed by atoms with E-state index in [4.69, 9.17) is 5.73 Å². The third kappa shape index (κ3) is 4.20. The first-order valence-electron chi connectivity index (χ1n) is 9.59. The largest absolute Gasteiger partial charge is 0.366 e. The number of nitrogens with two attached hydrogens (primary N) is 1. The first-order chi connectivity index (χ1) is 14.5. The zero-order chi connectivity index (χ0) is 21.1. The van der Waals surface area contributed by atoms with Crippen molar-refractivity contribution >= 4 is 17.5 Å². The van der Waals surface area contributed by atoms with Gasteiger partial charge in [-0.05, 0) is 60.9 Å². The first-order valence-corrected chi connectivity index (χ1v) is 9.59. The number of amides is 1. The number of anilines is 2. The van der Waals surface area contributed by atoms with E-state index in [1.807, 2.05) is 42.2 Å². The smallest absolute Gasteiger partial charge is 0.248 e. The molecule has 0 saturated heterocycles. The third-order valence-corrected chi connectivity index (χ3v) is 4.91. The molecule has 7 nitrogen and oxygen atoms in total. The topological polar surface area (TPSA) is 98.7 Å². The Balaban J connectivity index is 1.58. The van der Waals surface area contributed by atoms with Crippen LogP contribution >= 0.6 is 0 Å². The lowest BCUT2D eigenvalue weighted by atomic mass is 10.0. The van der Waals surface area contributed by atoms with E-state index in [0.717, 1.165) is 27.9 Å². The minimum atomic E-state index is -0.430. The molecule has 0 bridgehead atoms. The zero-order valence-electron chi connectivity index (χ0n) is 16.8. The van der Waals surface area contributed by atoms with Crippen LogP contribution in [-0.4, -0.2) is 25.7 Å². The lowest BCUT2D eigenvalue weighted by molar-refractivity contribution is 0.100. The number of hydrogen-bond acceptors (Lipinski definition) is 5. The van der Waals surface area contributed by atoms with Crippen LogP contribution in [-0.2, 0) is 0 Å². The fraction of sp³-hybridized carbons (Fsp3) is 0.130. The Morgan fingerprint density at radius 1 is 1.07 bits per heavy atom. The van der Waals surface area contributed by atoms with Crippen molar-refractivity contribution < 1.29 is 4.79 Å². The zero-order valence-corrected chi connectivity index (χ0v) is 16.8. The average molecular weight is 398 g/mol. The molecule has 4 rings (SSSR count). The number of rotatable bonds is 6. The van der Waals surface area contributed by atoms with Gasteiger partial charge in [0.1, 0.15) is 0 Å². The van der Waals surface area contributed by atoms with Crippen LogP contribution in [0.1, 0.15) is 34.5 Å². The molecule has 30 heavy (non-hydrogen) atoms. The fourth-order valence-electron chi connectivity index (χ4n) is 3.29. The molecule has 1 atom stereocenters. The summed E-state index contributed by atoms with van der Waals surface area (Å²) in [4.78, 5) is 19.7. The Hall–Kier alpha value is -4.00. The van der Waals surface area contributed by atoms with Gasteiger partial charge in [-0.25, -0.2) is 9.97 Å². The van der Waals surface area contributed by atoms with Crippen LogP contribution in [0, 0.1) is 6.92 Å². The van der Waals surface area contributed by atoms with Gasteiger partial charge in [0.15, 0.2) is 0 Å². The molecular weight excluding hydrogens is 376 g/mol. The molecule has 0 unspecified atom stereocenters. The van der Waals surface area contributed by atoms with Crippen molar-refractivity contribution in [1.82, 2.24) is 19.7 Å². The van der Waals surface area contributed by atoms with E-state index in [-0.39, 0.29) is 6.04 Å². The SMILES string of the molecule is Cc1cc(Nc2ncccn2)cc(-c2cnn([C@@H](C)c3ccc(C(N)=O)cc3)c2)c1. The maximum atomic E-state index is 11.3.